The van der Waals surface area contributed by atoms with Crippen molar-refractivity contribution >= 4 is 11.8 Å². The SMILES string of the molecule is Cc1[nH][nH]c(=O)c1CC(=O)N1CCCC2(CCC(=O)N(C3CCCC3)C2)C1. The number of nitrogens with zero attached hydrogens (tertiary/aromatic N) is 2. The Kier molecular flexibility index (Phi) is 4.86. The number of hydrogen-bond acceptors (Lipinski definition) is 3. The number of likely N-dealkylation sites (tertiary alicyclic amines) is 2. The maximum absolute atomic E-state index is 12.9. The van der Waals surface area contributed by atoms with Crippen LogP contribution in [-0.2, 0) is 16.0 Å². The van der Waals surface area contributed by atoms with Crippen molar-refractivity contribution in [1.82, 2.24) is 20.0 Å². The van der Waals surface area contributed by atoms with Crippen molar-refractivity contribution in [2.24, 2.45) is 5.41 Å². The molecule has 1 unspecified atom stereocenters. The third-order valence-electron chi connectivity index (χ3n) is 6.89. The molecule has 1 aromatic heterocycles. The van der Waals surface area contributed by atoms with E-state index in [1.54, 1.807) is 0 Å². The predicted molar refractivity (Wildman–Crippen MR) is 101 cm³/mol. The largest absolute Gasteiger partial charge is 0.342 e. The quantitative estimate of drug-likeness (QED) is 0.844. The molecule has 0 bridgehead atoms. The van der Waals surface area contributed by atoms with Gasteiger partial charge in [-0.2, -0.15) is 0 Å². The van der Waals surface area contributed by atoms with Crippen LogP contribution in [0.3, 0.4) is 0 Å². The zero-order chi connectivity index (χ0) is 19.0. The molecule has 0 radical (unpaired) electrons. The van der Waals surface area contributed by atoms with Gasteiger partial charge in [-0.25, -0.2) is 0 Å². The van der Waals surface area contributed by atoms with Gasteiger partial charge in [-0.05, 0) is 39.0 Å². The zero-order valence-corrected chi connectivity index (χ0v) is 16.2. The molecule has 1 atom stereocenters. The van der Waals surface area contributed by atoms with Gasteiger partial charge >= 0.3 is 0 Å². The van der Waals surface area contributed by atoms with Crippen LogP contribution in [-0.4, -0.2) is 57.5 Å². The third kappa shape index (κ3) is 3.56. The Morgan fingerprint density at radius 1 is 1.11 bits per heavy atom. The number of aryl methyl sites for hydroxylation is 1. The molecule has 0 aromatic carbocycles. The molecule has 1 aliphatic carbocycles. The average molecular weight is 374 g/mol. The van der Waals surface area contributed by atoms with Crippen LogP contribution in [0.1, 0.15) is 62.6 Å². The van der Waals surface area contributed by atoms with Gasteiger partial charge in [0.1, 0.15) is 0 Å². The van der Waals surface area contributed by atoms with E-state index in [1.807, 2.05) is 11.8 Å². The van der Waals surface area contributed by atoms with Crippen molar-refractivity contribution in [3.63, 3.8) is 0 Å². The summed E-state index contributed by atoms with van der Waals surface area (Å²) in [4.78, 5) is 41.3. The Balaban J connectivity index is 1.46. The van der Waals surface area contributed by atoms with Crippen LogP contribution in [0, 0.1) is 12.3 Å². The molecule has 1 aromatic rings. The van der Waals surface area contributed by atoms with E-state index in [0.717, 1.165) is 50.9 Å². The van der Waals surface area contributed by atoms with Gasteiger partial charge in [0, 0.05) is 48.8 Å². The molecule has 2 aliphatic heterocycles. The number of aromatic nitrogens is 2. The molecule has 4 rings (SSSR count). The highest BCUT2D eigenvalue weighted by molar-refractivity contribution is 5.80. The predicted octanol–water partition coefficient (Wildman–Crippen LogP) is 1.73. The number of rotatable bonds is 3. The monoisotopic (exact) mass is 374 g/mol. The second-order valence-electron chi connectivity index (χ2n) is 8.74. The first-order valence-electron chi connectivity index (χ1n) is 10.3. The van der Waals surface area contributed by atoms with Crippen LogP contribution in [0.2, 0.25) is 0 Å². The maximum atomic E-state index is 12.9. The van der Waals surface area contributed by atoms with Crippen LogP contribution in [0.4, 0.5) is 0 Å². The Morgan fingerprint density at radius 3 is 2.59 bits per heavy atom. The Bertz CT molecular complexity index is 776. The summed E-state index contributed by atoms with van der Waals surface area (Å²) in [6.07, 6.45) is 8.37. The molecule has 1 saturated carbocycles. The van der Waals surface area contributed by atoms with E-state index in [1.165, 1.54) is 12.8 Å². The summed E-state index contributed by atoms with van der Waals surface area (Å²) in [6.45, 7) is 4.07. The minimum absolute atomic E-state index is 0.0200. The van der Waals surface area contributed by atoms with Crippen LogP contribution in [0.25, 0.3) is 0 Å². The van der Waals surface area contributed by atoms with Crippen LogP contribution >= 0.6 is 0 Å². The van der Waals surface area contributed by atoms with Crippen molar-refractivity contribution in [3.05, 3.63) is 21.6 Å². The zero-order valence-electron chi connectivity index (χ0n) is 16.2. The summed E-state index contributed by atoms with van der Waals surface area (Å²) in [5.74, 6) is 0.317. The number of carbonyl (C=O) groups is 2. The minimum Gasteiger partial charge on any atom is -0.342 e. The molecular formula is C20H30N4O3. The Labute approximate surface area is 159 Å². The first kappa shape index (κ1) is 18.3. The number of nitrogens with one attached hydrogen (secondary N) is 2. The minimum atomic E-state index is -0.205. The fourth-order valence-electron chi connectivity index (χ4n) is 5.29. The lowest BCUT2D eigenvalue weighted by atomic mass is 9.73. The van der Waals surface area contributed by atoms with E-state index >= 15 is 0 Å². The van der Waals surface area contributed by atoms with E-state index in [-0.39, 0.29) is 23.3 Å². The van der Waals surface area contributed by atoms with Crippen molar-refractivity contribution in [1.29, 1.82) is 0 Å². The number of piperidine rings is 2. The number of hydrogen-bond donors (Lipinski definition) is 2. The summed E-state index contributed by atoms with van der Waals surface area (Å²) in [5.41, 5.74) is 1.09. The summed E-state index contributed by atoms with van der Waals surface area (Å²) in [5, 5.41) is 5.34. The highest BCUT2D eigenvalue weighted by Gasteiger charge is 2.44. The smallest absolute Gasteiger partial charge is 0.267 e. The number of carbonyl (C=O) groups excluding carboxylic acids is 2. The van der Waals surface area contributed by atoms with Crippen LogP contribution in [0.15, 0.2) is 4.79 Å². The van der Waals surface area contributed by atoms with Gasteiger partial charge in [0.15, 0.2) is 0 Å². The fourth-order valence-corrected chi connectivity index (χ4v) is 5.29. The number of amides is 2. The summed E-state index contributed by atoms with van der Waals surface area (Å²) in [7, 11) is 0. The summed E-state index contributed by atoms with van der Waals surface area (Å²) in [6, 6.07) is 0.404. The first-order valence-corrected chi connectivity index (χ1v) is 10.3. The van der Waals surface area contributed by atoms with Gasteiger partial charge in [-0.3, -0.25) is 19.5 Å². The topological polar surface area (TPSA) is 89.3 Å². The molecule has 2 N–H and O–H groups in total. The van der Waals surface area contributed by atoms with Gasteiger partial charge in [-0.15, -0.1) is 0 Å². The lowest BCUT2D eigenvalue weighted by molar-refractivity contribution is -0.145. The molecule has 148 valence electrons. The normalized spacial score (nSPS) is 26.9. The van der Waals surface area contributed by atoms with Crippen LogP contribution < -0.4 is 5.56 Å². The van der Waals surface area contributed by atoms with Crippen LogP contribution in [0.5, 0.6) is 0 Å². The van der Waals surface area contributed by atoms with E-state index < -0.39 is 0 Å². The summed E-state index contributed by atoms with van der Waals surface area (Å²) >= 11 is 0. The molecule has 1 spiro atoms. The molecule has 7 nitrogen and oxygen atoms in total. The molecule has 3 aliphatic rings. The van der Waals surface area contributed by atoms with Crippen molar-refractivity contribution in [2.45, 2.75) is 70.8 Å². The standard InChI is InChI=1S/C20H30N4O3/c1-14-16(19(27)22-21-14)11-18(26)23-10-4-8-20(12-23)9-7-17(25)24(13-20)15-5-2-3-6-15/h15H,2-13H2,1H3,(H2,21,22,27). The molecule has 3 fully saturated rings. The van der Waals surface area contributed by atoms with Crippen molar-refractivity contribution in [2.75, 3.05) is 19.6 Å². The second kappa shape index (κ2) is 7.17. The van der Waals surface area contributed by atoms with Gasteiger partial charge in [0.25, 0.3) is 5.56 Å². The van der Waals surface area contributed by atoms with E-state index in [0.29, 0.717) is 30.5 Å². The average Bonchev–Trinajstić information content (AvgIpc) is 3.30. The third-order valence-corrected chi connectivity index (χ3v) is 6.89. The molecular weight excluding hydrogens is 344 g/mol. The molecule has 3 heterocycles. The number of H-pyrrole nitrogens is 2. The van der Waals surface area contributed by atoms with E-state index in [4.69, 9.17) is 0 Å². The number of aromatic amines is 2. The van der Waals surface area contributed by atoms with Gasteiger partial charge in [0.2, 0.25) is 11.8 Å². The highest BCUT2D eigenvalue weighted by Crippen LogP contribution is 2.41. The lowest BCUT2D eigenvalue weighted by Crippen LogP contribution is -2.57. The summed E-state index contributed by atoms with van der Waals surface area (Å²) < 4.78 is 0. The molecule has 7 heteroatoms. The lowest BCUT2D eigenvalue weighted by Gasteiger charge is -2.49. The first-order chi connectivity index (χ1) is 13.0. The Morgan fingerprint density at radius 2 is 1.89 bits per heavy atom. The van der Waals surface area contributed by atoms with E-state index in [2.05, 4.69) is 15.1 Å². The second-order valence-corrected chi connectivity index (χ2v) is 8.74. The molecule has 2 saturated heterocycles. The Hall–Kier alpha value is -2.05. The van der Waals surface area contributed by atoms with Crippen molar-refractivity contribution < 1.29 is 9.59 Å². The molecule has 27 heavy (non-hydrogen) atoms. The van der Waals surface area contributed by atoms with Gasteiger partial charge in [-0.1, -0.05) is 12.8 Å². The van der Waals surface area contributed by atoms with E-state index in [9.17, 15) is 14.4 Å². The fraction of sp³-hybridized carbons (Fsp3) is 0.750. The molecule has 2 amide bonds. The maximum Gasteiger partial charge on any atom is 0.267 e. The van der Waals surface area contributed by atoms with Gasteiger partial charge < -0.3 is 14.9 Å². The van der Waals surface area contributed by atoms with Crippen molar-refractivity contribution in [3.8, 4) is 0 Å². The van der Waals surface area contributed by atoms with Gasteiger partial charge in [0.05, 0.1) is 6.42 Å². The highest BCUT2D eigenvalue weighted by atomic mass is 16.2.